The van der Waals surface area contributed by atoms with E-state index >= 15 is 0 Å². The van der Waals surface area contributed by atoms with Crippen LogP contribution in [0.2, 0.25) is 0 Å². The molecule has 8 heteroatoms. The maximum absolute atomic E-state index is 11.8. The molecule has 18 heavy (non-hydrogen) atoms. The Labute approximate surface area is 104 Å². The molecule has 2 heterocycles. The fourth-order valence-corrected chi connectivity index (χ4v) is 1.67. The first-order valence-electron chi connectivity index (χ1n) is 5.64. The second kappa shape index (κ2) is 5.50. The van der Waals surface area contributed by atoms with E-state index in [1.165, 1.54) is 6.07 Å². The number of hydrogen-bond acceptors (Lipinski definition) is 7. The second-order valence-electron chi connectivity index (χ2n) is 3.88. The molecule has 2 rings (SSSR count). The quantitative estimate of drug-likeness (QED) is 0.625. The molecule has 1 saturated heterocycles. The van der Waals surface area contributed by atoms with Crippen LogP contribution in [0.5, 0.6) is 0 Å². The van der Waals surface area contributed by atoms with Gasteiger partial charge in [0.25, 0.3) is 0 Å². The highest BCUT2D eigenvalue weighted by molar-refractivity contribution is 5.80. The van der Waals surface area contributed by atoms with Crippen LogP contribution in [0.4, 0.5) is 17.6 Å². The molecule has 0 bridgehead atoms. The Kier molecular flexibility index (Phi) is 3.78. The Morgan fingerprint density at radius 2 is 2.11 bits per heavy atom. The normalized spacial score (nSPS) is 15.4. The van der Waals surface area contributed by atoms with Crippen molar-refractivity contribution in [3.05, 3.63) is 6.07 Å². The maximum atomic E-state index is 11.8. The Morgan fingerprint density at radius 1 is 1.39 bits per heavy atom. The van der Waals surface area contributed by atoms with Gasteiger partial charge in [-0.05, 0) is 0 Å². The van der Waals surface area contributed by atoms with Crippen molar-refractivity contribution < 1.29 is 9.53 Å². The van der Waals surface area contributed by atoms with Gasteiger partial charge in [-0.2, -0.15) is 9.97 Å². The zero-order chi connectivity index (χ0) is 13.0. The molecule has 0 atom stereocenters. The predicted molar refractivity (Wildman–Crippen MR) is 66.7 cm³/mol. The van der Waals surface area contributed by atoms with Crippen molar-refractivity contribution in [2.45, 2.75) is 0 Å². The summed E-state index contributed by atoms with van der Waals surface area (Å²) >= 11 is 0. The van der Waals surface area contributed by atoms with E-state index in [-0.39, 0.29) is 24.2 Å². The maximum Gasteiger partial charge on any atom is 0.242 e. The summed E-state index contributed by atoms with van der Waals surface area (Å²) in [7, 11) is 0. The van der Waals surface area contributed by atoms with Gasteiger partial charge in [-0.25, -0.2) is 0 Å². The number of nitrogens with zero attached hydrogens (tertiary/aromatic N) is 3. The topological polar surface area (TPSA) is 119 Å². The van der Waals surface area contributed by atoms with E-state index < -0.39 is 0 Å². The SMILES string of the molecule is Nc1cc(NCC(=O)N2CCOCC2)nc(N)n1. The summed E-state index contributed by atoms with van der Waals surface area (Å²) in [4.78, 5) is 21.3. The number of morpholine rings is 1. The number of carbonyl (C=O) groups excluding carboxylic acids is 1. The number of aromatic nitrogens is 2. The lowest BCUT2D eigenvalue weighted by atomic mass is 10.4. The minimum atomic E-state index is -0.00550. The van der Waals surface area contributed by atoms with Crippen LogP contribution in [0, 0.1) is 0 Å². The molecule has 0 unspecified atom stereocenters. The molecule has 5 N–H and O–H groups in total. The Morgan fingerprint density at radius 3 is 2.78 bits per heavy atom. The third-order valence-electron chi connectivity index (χ3n) is 2.55. The number of nitrogen functional groups attached to an aromatic ring is 2. The molecule has 0 radical (unpaired) electrons. The number of ether oxygens (including phenoxy) is 1. The molecule has 1 aromatic rings. The summed E-state index contributed by atoms with van der Waals surface area (Å²) < 4.78 is 5.18. The summed E-state index contributed by atoms with van der Waals surface area (Å²) in [5, 5.41) is 2.88. The lowest BCUT2D eigenvalue weighted by molar-refractivity contribution is -0.133. The van der Waals surface area contributed by atoms with Crippen LogP contribution in [-0.2, 0) is 9.53 Å². The van der Waals surface area contributed by atoms with Crippen LogP contribution in [-0.4, -0.2) is 53.6 Å². The van der Waals surface area contributed by atoms with Crippen LogP contribution < -0.4 is 16.8 Å². The van der Waals surface area contributed by atoms with Crippen LogP contribution >= 0.6 is 0 Å². The van der Waals surface area contributed by atoms with Crippen molar-refractivity contribution >= 4 is 23.5 Å². The Bertz CT molecular complexity index is 412. The molecule has 0 aromatic carbocycles. The van der Waals surface area contributed by atoms with Crippen LogP contribution in [0.15, 0.2) is 6.07 Å². The summed E-state index contributed by atoms with van der Waals surface area (Å²) in [6.07, 6.45) is 0. The van der Waals surface area contributed by atoms with E-state index in [1.807, 2.05) is 0 Å². The number of nitrogens with one attached hydrogen (secondary N) is 1. The van der Waals surface area contributed by atoms with Gasteiger partial charge in [-0.15, -0.1) is 0 Å². The molecule has 1 aliphatic rings. The number of nitrogens with two attached hydrogens (primary N) is 2. The number of anilines is 3. The predicted octanol–water partition coefficient (Wildman–Crippen LogP) is -1.09. The van der Waals surface area contributed by atoms with Gasteiger partial charge in [0.2, 0.25) is 11.9 Å². The second-order valence-corrected chi connectivity index (χ2v) is 3.88. The molecular weight excluding hydrogens is 236 g/mol. The average Bonchev–Trinajstić information content (AvgIpc) is 2.36. The molecule has 1 aromatic heterocycles. The fraction of sp³-hybridized carbons (Fsp3) is 0.500. The van der Waals surface area contributed by atoms with Gasteiger partial charge in [-0.3, -0.25) is 4.79 Å². The average molecular weight is 252 g/mol. The summed E-state index contributed by atoms with van der Waals surface area (Å²) in [6, 6.07) is 1.53. The smallest absolute Gasteiger partial charge is 0.242 e. The molecule has 1 fully saturated rings. The first-order chi connectivity index (χ1) is 8.65. The van der Waals surface area contributed by atoms with Crippen molar-refractivity contribution in [3.8, 4) is 0 Å². The van der Waals surface area contributed by atoms with Gasteiger partial charge in [-0.1, -0.05) is 0 Å². The van der Waals surface area contributed by atoms with Gasteiger partial charge in [0.1, 0.15) is 11.6 Å². The molecular formula is C10H16N6O2. The van der Waals surface area contributed by atoms with Crippen molar-refractivity contribution in [2.24, 2.45) is 0 Å². The first kappa shape index (κ1) is 12.4. The standard InChI is InChI=1S/C10H16N6O2/c11-7-5-8(15-10(12)14-7)13-6-9(17)16-1-3-18-4-2-16/h5H,1-4,6H2,(H5,11,12,13,14,15). The van der Waals surface area contributed by atoms with Gasteiger partial charge in [0.15, 0.2) is 0 Å². The summed E-state index contributed by atoms with van der Waals surface area (Å²) in [5.41, 5.74) is 11.0. The van der Waals surface area contributed by atoms with E-state index in [1.54, 1.807) is 4.90 Å². The first-order valence-corrected chi connectivity index (χ1v) is 5.64. The Hall–Kier alpha value is -2.09. The van der Waals surface area contributed by atoms with Crippen molar-refractivity contribution in [1.82, 2.24) is 14.9 Å². The van der Waals surface area contributed by atoms with E-state index in [4.69, 9.17) is 16.2 Å². The van der Waals surface area contributed by atoms with Gasteiger partial charge in [0, 0.05) is 19.2 Å². The highest BCUT2D eigenvalue weighted by Crippen LogP contribution is 2.09. The molecule has 1 amide bonds. The van der Waals surface area contributed by atoms with Gasteiger partial charge in [0.05, 0.1) is 19.8 Å². The molecule has 98 valence electrons. The zero-order valence-corrected chi connectivity index (χ0v) is 9.93. The number of amides is 1. The van der Waals surface area contributed by atoms with Crippen molar-refractivity contribution in [2.75, 3.05) is 49.6 Å². The fourth-order valence-electron chi connectivity index (χ4n) is 1.67. The molecule has 0 spiro atoms. The highest BCUT2D eigenvalue weighted by atomic mass is 16.5. The van der Waals surface area contributed by atoms with Crippen molar-refractivity contribution in [1.29, 1.82) is 0 Å². The van der Waals surface area contributed by atoms with Crippen molar-refractivity contribution in [3.63, 3.8) is 0 Å². The van der Waals surface area contributed by atoms with E-state index in [0.29, 0.717) is 32.1 Å². The summed E-state index contributed by atoms with van der Waals surface area (Å²) in [5.74, 6) is 0.788. The van der Waals surface area contributed by atoms with Crippen LogP contribution in [0.1, 0.15) is 0 Å². The largest absolute Gasteiger partial charge is 0.383 e. The minimum absolute atomic E-state index is 0.00550. The third-order valence-corrected chi connectivity index (χ3v) is 2.55. The Balaban J connectivity index is 1.88. The monoisotopic (exact) mass is 252 g/mol. The van der Waals surface area contributed by atoms with Gasteiger partial charge >= 0.3 is 0 Å². The number of carbonyl (C=O) groups is 1. The molecule has 0 saturated carbocycles. The molecule has 0 aliphatic carbocycles. The zero-order valence-electron chi connectivity index (χ0n) is 9.93. The highest BCUT2D eigenvalue weighted by Gasteiger charge is 2.16. The lowest BCUT2D eigenvalue weighted by Gasteiger charge is -2.26. The minimum Gasteiger partial charge on any atom is -0.383 e. The summed E-state index contributed by atoms with van der Waals surface area (Å²) in [6.45, 7) is 2.55. The third kappa shape index (κ3) is 3.20. The van der Waals surface area contributed by atoms with E-state index in [9.17, 15) is 4.79 Å². The number of rotatable bonds is 3. The van der Waals surface area contributed by atoms with Crippen LogP contribution in [0.3, 0.4) is 0 Å². The molecule has 8 nitrogen and oxygen atoms in total. The number of hydrogen-bond donors (Lipinski definition) is 3. The van der Waals surface area contributed by atoms with Gasteiger partial charge < -0.3 is 26.4 Å². The molecule has 1 aliphatic heterocycles. The van der Waals surface area contributed by atoms with Crippen LogP contribution in [0.25, 0.3) is 0 Å². The lowest BCUT2D eigenvalue weighted by Crippen LogP contribution is -2.43. The van der Waals surface area contributed by atoms with E-state index in [2.05, 4.69) is 15.3 Å². The van der Waals surface area contributed by atoms with E-state index in [0.717, 1.165) is 0 Å².